The van der Waals surface area contributed by atoms with Crippen LogP contribution in [0.25, 0.3) is 0 Å². The maximum Gasteiger partial charge on any atom is 0.254 e. The van der Waals surface area contributed by atoms with Gasteiger partial charge in [0.25, 0.3) is 5.56 Å². The Morgan fingerprint density at radius 1 is 1.21 bits per heavy atom. The normalized spacial score (nSPS) is 14.4. The summed E-state index contributed by atoms with van der Waals surface area (Å²) in [6.07, 6.45) is 2.19. The van der Waals surface area contributed by atoms with Crippen LogP contribution in [0.15, 0.2) is 29.1 Å². The molecule has 1 aliphatic rings. The van der Waals surface area contributed by atoms with Crippen molar-refractivity contribution in [1.82, 2.24) is 9.97 Å². The number of hydrogen-bond acceptors (Lipinski definition) is 3. The highest BCUT2D eigenvalue weighted by Gasteiger charge is 2.26. The zero-order chi connectivity index (χ0) is 13.4. The molecule has 98 valence electrons. The highest BCUT2D eigenvalue weighted by molar-refractivity contribution is 5.35. The van der Waals surface area contributed by atoms with Crippen LogP contribution in [0.1, 0.15) is 35.7 Å². The lowest BCUT2D eigenvalue weighted by atomic mass is 10.1. The molecule has 1 N–H and O–H groups in total. The van der Waals surface area contributed by atoms with Gasteiger partial charge >= 0.3 is 0 Å². The predicted octanol–water partition coefficient (Wildman–Crippen LogP) is 3.06. The second kappa shape index (κ2) is 4.53. The van der Waals surface area contributed by atoms with Crippen LogP contribution in [0.4, 0.5) is 0 Å². The lowest BCUT2D eigenvalue weighted by molar-refractivity contribution is 0.457. The number of aromatic nitrogens is 2. The van der Waals surface area contributed by atoms with Crippen molar-refractivity contribution in [1.29, 1.82) is 0 Å². The molecule has 2 aromatic rings. The monoisotopic (exact) mass is 256 g/mol. The first-order valence-corrected chi connectivity index (χ1v) is 6.48. The lowest BCUT2D eigenvalue weighted by Gasteiger charge is -2.07. The molecule has 0 spiro atoms. The van der Waals surface area contributed by atoms with Crippen molar-refractivity contribution >= 4 is 0 Å². The van der Waals surface area contributed by atoms with E-state index in [1.165, 1.54) is 11.6 Å². The van der Waals surface area contributed by atoms with Crippen molar-refractivity contribution in [3.8, 4) is 11.6 Å². The minimum Gasteiger partial charge on any atom is -0.439 e. The average molecular weight is 256 g/mol. The first kappa shape index (κ1) is 12.0. The summed E-state index contributed by atoms with van der Waals surface area (Å²) in [4.78, 5) is 18.7. The van der Waals surface area contributed by atoms with Gasteiger partial charge in [-0.3, -0.25) is 4.79 Å². The van der Waals surface area contributed by atoms with Crippen LogP contribution in [0.2, 0.25) is 0 Å². The van der Waals surface area contributed by atoms with Gasteiger partial charge in [-0.05, 0) is 49.9 Å². The van der Waals surface area contributed by atoms with E-state index in [1.807, 2.05) is 25.1 Å². The van der Waals surface area contributed by atoms with E-state index >= 15 is 0 Å². The molecular weight excluding hydrogens is 240 g/mol. The van der Waals surface area contributed by atoms with Gasteiger partial charge in [0, 0.05) is 5.92 Å². The molecule has 4 heteroatoms. The Hall–Kier alpha value is -2.10. The van der Waals surface area contributed by atoms with E-state index < -0.39 is 0 Å². The fourth-order valence-electron chi connectivity index (χ4n) is 1.95. The summed E-state index contributed by atoms with van der Waals surface area (Å²) >= 11 is 0. The Morgan fingerprint density at radius 3 is 2.68 bits per heavy atom. The summed E-state index contributed by atoms with van der Waals surface area (Å²) in [5.41, 5.74) is 2.21. The van der Waals surface area contributed by atoms with E-state index in [2.05, 4.69) is 16.9 Å². The minimum absolute atomic E-state index is 0.157. The molecule has 0 unspecified atom stereocenters. The van der Waals surface area contributed by atoms with Gasteiger partial charge in [0.1, 0.15) is 11.6 Å². The molecule has 1 fully saturated rings. The van der Waals surface area contributed by atoms with Crippen molar-refractivity contribution in [3.05, 3.63) is 51.6 Å². The number of H-pyrrole nitrogens is 1. The number of benzene rings is 1. The van der Waals surface area contributed by atoms with E-state index in [0.717, 1.165) is 24.2 Å². The van der Waals surface area contributed by atoms with Crippen molar-refractivity contribution in [3.63, 3.8) is 0 Å². The van der Waals surface area contributed by atoms with E-state index in [1.54, 1.807) is 0 Å². The second-order valence-electron chi connectivity index (χ2n) is 5.09. The highest BCUT2D eigenvalue weighted by atomic mass is 16.5. The Labute approximate surface area is 111 Å². The largest absolute Gasteiger partial charge is 0.439 e. The number of rotatable bonds is 3. The van der Waals surface area contributed by atoms with Gasteiger partial charge in [0.2, 0.25) is 5.88 Å². The molecule has 0 saturated heterocycles. The smallest absolute Gasteiger partial charge is 0.254 e. The molecule has 4 nitrogen and oxygen atoms in total. The molecule has 0 radical (unpaired) electrons. The summed E-state index contributed by atoms with van der Waals surface area (Å²) in [5.74, 6) is 2.22. The molecule has 0 atom stereocenters. The summed E-state index contributed by atoms with van der Waals surface area (Å²) in [7, 11) is 0. The highest BCUT2D eigenvalue weighted by Crippen LogP contribution is 2.38. The number of aryl methyl sites for hydroxylation is 2. The summed E-state index contributed by atoms with van der Waals surface area (Å²) < 4.78 is 5.68. The van der Waals surface area contributed by atoms with Crippen LogP contribution in [-0.4, -0.2) is 9.97 Å². The molecule has 19 heavy (non-hydrogen) atoms. The summed E-state index contributed by atoms with van der Waals surface area (Å²) in [6.45, 7) is 4.08. The quantitative estimate of drug-likeness (QED) is 0.918. The van der Waals surface area contributed by atoms with Crippen molar-refractivity contribution in [2.75, 3.05) is 0 Å². The van der Waals surface area contributed by atoms with Gasteiger partial charge in [-0.25, -0.2) is 0 Å². The van der Waals surface area contributed by atoms with Crippen LogP contribution in [0.5, 0.6) is 11.6 Å². The maximum atomic E-state index is 11.6. The Bertz CT molecular complexity index is 672. The number of aromatic amines is 1. The van der Waals surface area contributed by atoms with Crippen LogP contribution in [-0.2, 0) is 0 Å². The van der Waals surface area contributed by atoms with Crippen molar-refractivity contribution in [2.45, 2.75) is 32.6 Å². The third-order valence-corrected chi connectivity index (χ3v) is 3.40. The number of hydrogen-bond donors (Lipinski definition) is 1. The SMILES string of the molecule is Cc1ccc(Oc2cc(=O)[nH]c(C3CC3)n2)cc1C. The lowest BCUT2D eigenvalue weighted by Crippen LogP contribution is -2.10. The summed E-state index contributed by atoms with van der Waals surface area (Å²) in [6, 6.07) is 7.23. The molecule has 0 bridgehead atoms. The second-order valence-corrected chi connectivity index (χ2v) is 5.09. The van der Waals surface area contributed by atoms with E-state index in [0.29, 0.717) is 17.5 Å². The molecule has 1 aromatic heterocycles. The first-order valence-electron chi connectivity index (χ1n) is 6.48. The molecule has 1 aromatic carbocycles. The summed E-state index contributed by atoms with van der Waals surface area (Å²) in [5, 5.41) is 0. The Kier molecular flexibility index (Phi) is 2.85. The van der Waals surface area contributed by atoms with Gasteiger partial charge in [-0.1, -0.05) is 6.07 Å². The molecule has 1 saturated carbocycles. The van der Waals surface area contributed by atoms with Gasteiger partial charge < -0.3 is 9.72 Å². The molecule has 1 aliphatic carbocycles. The number of ether oxygens (including phenoxy) is 1. The van der Waals surface area contributed by atoms with E-state index in [-0.39, 0.29) is 5.56 Å². The third kappa shape index (κ3) is 2.67. The van der Waals surface area contributed by atoms with Gasteiger partial charge in [-0.15, -0.1) is 0 Å². The van der Waals surface area contributed by atoms with E-state index in [9.17, 15) is 4.79 Å². The van der Waals surface area contributed by atoms with Crippen LogP contribution < -0.4 is 10.3 Å². The van der Waals surface area contributed by atoms with Gasteiger partial charge in [-0.2, -0.15) is 4.98 Å². The fourth-order valence-corrected chi connectivity index (χ4v) is 1.95. The zero-order valence-corrected chi connectivity index (χ0v) is 11.1. The van der Waals surface area contributed by atoms with Gasteiger partial charge in [0.05, 0.1) is 6.07 Å². The van der Waals surface area contributed by atoms with E-state index in [4.69, 9.17) is 4.74 Å². The number of nitrogens with one attached hydrogen (secondary N) is 1. The number of nitrogens with zero attached hydrogens (tertiary/aromatic N) is 1. The first-order chi connectivity index (χ1) is 9.11. The van der Waals surface area contributed by atoms with Crippen LogP contribution in [0.3, 0.4) is 0 Å². The van der Waals surface area contributed by atoms with Crippen molar-refractivity contribution < 1.29 is 4.74 Å². The Morgan fingerprint density at radius 2 is 2.00 bits per heavy atom. The Balaban J connectivity index is 1.89. The standard InChI is InChI=1S/C15H16N2O2/c1-9-3-6-12(7-10(9)2)19-14-8-13(18)16-15(17-14)11-4-5-11/h3,6-8,11H,4-5H2,1-2H3,(H,16,17,18). The van der Waals surface area contributed by atoms with Crippen LogP contribution in [0, 0.1) is 13.8 Å². The average Bonchev–Trinajstić information content (AvgIpc) is 3.17. The van der Waals surface area contributed by atoms with Gasteiger partial charge in [0.15, 0.2) is 0 Å². The molecule has 0 aliphatic heterocycles. The molecular formula is C15H16N2O2. The molecule has 1 heterocycles. The maximum absolute atomic E-state index is 11.6. The predicted molar refractivity (Wildman–Crippen MR) is 72.8 cm³/mol. The van der Waals surface area contributed by atoms with Crippen LogP contribution >= 0.6 is 0 Å². The fraction of sp³-hybridized carbons (Fsp3) is 0.333. The topological polar surface area (TPSA) is 55.0 Å². The van der Waals surface area contributed by atoms with Crippen molar-refractivity contribution in [2.24, 2.45) is 0 Å². The third-order valence-electron chi connectivity index (χ3n) is 3.40. The zero-order valence-electron chi connectivity index (χ0n) is 11.1. The minimum atomic E-state index is -0.157. The molecule has 0 amide bonds. The molecule has 3 rings (SSSR count).